The summed E-state index contributed by atoms with van der Waals surface area (Å²) in [6.45, 7) is 0.646. The van der Waals surface area contributed by atoms with Crippen molar-refractivity contribution in [3.8, 4) is 0 Å². The van der Waals surface area contributed by atoms with E-state index in [0.29, 0.717) is 12.5 Å². The van der Waals surface area contributed by atoms with E-state index in [1.54, 1.807) is 7.11 Å². The zero-order valence-electron chi connectivity index (χ0n) is 9.83. The Balaban J connectivity index is 2.20. The Morgan fingerprint density at radius 1 is 1.47 bits per heavy atom. The second kappa shape index (κ2) is 7.36. The Kier molecular flexibility index (Phi) is 6.45. The highest BCUT2D eigenvalue weighted by Gasteiger charge is 2.19. The van der Waals surface area contributed by atoms with Crippen LogP contribution in [0.2, 0.25) is 0 Å². The maximum Gasteiger partial charge on any atom is 0.0624 e. The number of hydrogen-bond acceptors (Lipinski definition) is 3. The third kappa shape index (κ3) is 5.09. The highest BCUT2D eigenvalue weighted by atomic mass is 32.2. The molecule has 1 aliphatic rings. The highest BCUT2D eigenvalue weighted by molar-refractivity contribution is 7.85. The van der Waals surface area contributed by atoms with Crippen molar-refractivity contribution < 1.29 is 8.95 Å². The number of likely N-dealkylation sites (N-methyl/N-ethyl adjacent to an activating group) is 1. The molecule has 0 saturated heterocycles. The van der Waals surface area contributed by atoms with Gasteiger partial charge in [-0.2, -0.15) is 0 Å². The monoisotopic (exact) mass is 233 g/mol. The van der Waals surface area contributed by atoms with E-state index in [-0.39, 0.29) is 6.04 Å². The molecule has 0 aromatic rings. The average Bonchev–Trinajstić information content (AvgIpc) is 2.69. The first-order chi connectivity index (χ1) is 7.26. The van der Waals surface area contributed by atoms with Crippen molar-refractivity contribution in [2.45, 2.75) is 31.7 Å². The Morgan fingerprint density at radius 3 is 2.67 bits per heavy atom. The van der Waals surface area contributed by atoms with Gasteiger partial charge in [-0.3, -0.25) is 4.21 Å². The first-order valence-electron chi connectivity index (χ1n) is 5.77. The standard InChI is InChI=1S/C11H23NO2S/c1-12-11(7-14-2)9-15(13)8-10-5-3-4-6-10/h10-12H,3-9H2,1-2H3. The first kappa shape index (κ1) is 13.1. The summed E-state index contributed by atoms with van der Waals surface area (Å²) >= 11 is 0. The van der Waals surface area contributed by atoms with Crippen LogP contribution in [0.1, 0.15) is 25.7 Å². The smallest absolute Gasteiger partial charge is 0.0624 e. The van der Waals surface area contributed by atoms with Gasteiger partial charge in [-0.25, -0.2) is 0 Å². The van der Waals surface area contributed by atoms with Crippen LogP contribution in [0.3, 0.4) is 0 Å². The molecule has 3 nitrogen and oxygen atoms in total. The molecule has 15 heavy (non-hydrogen) atoms. The van der Waals surface area contributed by atoms with Crippen LogP contribution in [-0.2, 0) is 15.5 Å². The van der Waals surface area contributed by atoms with E-state index in [1.807, 2.05) is 7.05 Å². The van der Waals surface area contributed by atoms with E-state index in [2.05, 4.69) is 5.32 Å². The Morgan fingerprint density at radius 2 is 2.13 bits per heavy atom. The average molecular weight is 233 g/mol. The molecule has 0 heterocycles. The third-order valence-corrected chi connectivity index (χ3v) is 4.68. The predicted molar refractivity (Wildman–Crippen MR) is 64.6 cm³/mol. The van der Waals surface area contributed by atoms with Crippen molar-refractivity contribution in [2.24, 2.45) is 5.92 Å². The fourth-order valence-electron chi connectivity index (χ4n) is 2.15. The van der Waals surface area contributed by atoms with Gasteiger partial charge in [-0.15, -0.1) is 0 Å². The number of ether oxygens (including phenoxy) is 1. The summed E-state index contributed by atoms with van der Waals surface area (Å²) in [5.74, 6) is 2.33. The number of hydrogen-bond donors (Lipinski definition) is 1. The summed E-state index contributed by atoms with van der Waals surface area (Å²) in [5.41, 5.74) is 0. The van der Waals surface area contributed by atoms with E-state index in [1.165, 1.54) is 25.7 Å². The summed E-state index contributed by atoms with van der Waals surface area (Å²) in [6.07, 6.45) is 5.21. The fraction of sp³-hybridized carbons (Fsp3) is 1.00. The van der Waals surface area contributed by atoms with Crippen LogP contribution in [0.5, 0.6) is 0 Å². The number of methoxy groups -OCH3 is 1. The SMILES string of the molecule is CNC(COC)CS(=O)CC1CCCC1. The molecule has 4 heteroatoms. The van der Waals surface area contributed by atoms with Crippen molar-refractivity contribution in [2.75, 3.05) is 32.3 Å². The van der Waals surface area contributed by atoms with E-state index in [0.717, 1.165) is 11.5 Å². The van der Waals surface area contributed by atoms with E-state index in [4.69, 9.17) is 4.74 Å². The minimum Gasteiger partial charge on any atom is -0.383 e. The Bertz CT molecular complexity index is 193. The molecule has 1 fully saturated rings. The normalized spacial score (nSPS) is 21.7. The van der Waals surface area contributed by atoms with Gasteiger partial charge in [0.2, 0.25) is 0 Å². The highest BCUT2D eigenvalue weighted by Crippen LogP contribution is 2.25. The van der Waals surface area contributed by atoms with Crippen LogP contribution in [-0.4, -0.2) is 42.5 Å². The van der Waals surface area contributed by atoms with Crippen LogP contribution in [0.25, 0.3) is 0 Å². The minimum atomic E-state index is -0.684. The van der Waals surface area contributed by atoms with Crippen LogP contribution in [0.4, 0.5) is 0 Å². The van der Waals surface area contributed by atoms with Gasteiger partial charge < -0.3 is 10.1 Å². The number of nitrogens with one attached hydrogen (secondary N) is 1. The zero-order valence-corrected chi connectivity index (χ0v) is 10.6. The molecule has 90 valence electrons. The predicted octanol–water partition coefficient (Wildman–Crippen LogP) is 1.16. The lowest BCUT2D eigenvalue weighted by atomic mass is 10.1. The van der Waals surface area contributed by atoms with Gasteiger partial charge in [0.15, 0.2) is 0 Å². The van der Waals surface area contributed by atoms with Crippen molar-refractivity contribution in [3.63, 3.8) is 0 Å². The molecule has 0 aromatic heterocycles. The molecule has 0 spiro atoms. The molecular formula is C11H23NO2S. The largest absolute Gasteiger partial charge is 0.383 e. The Hall–Kier alpha value is 0.0700. The van der Waals surface area contributed by atoms with Gasteiger partial charge >= 0.3 is 0 Å². The van der Waals surface area contributed by atoms with Crippen molar-refractivity contribution in [3.05, 3.63) is 0 Å². The molecule has 0 aliphatic heterocycles. The lowest BCUT2D eigenvalue weighted by Crippen LogP contribution is -2.36. The molecule has 2 atom stereocenters. The number of rotatable bonds is 7. The van der Waals surface area contributed by atoms with Gasteiger partial charge in [0, 0.05) is 35.5 Å². The van der Waals surface area contributed by atoms with E-state index < -0.39 is 10.8 Å². The molecule has 2 unspecified atom stereocenters. The van der Waals surface area contributed by atoms with Gasteiger partial charge in [0.1, 0.15) is 0 Å². The molecule has 1 N–H and O–H groups in total. The van der Waals surface area contributed by atoms with Crippen molar-refractivity contribution in [1.82, 2.24) is 5.32 Å². The maximum absolute atomic E-state index is 11.9. The quantitative estimate of drug-likeness (QED) is 0.717. The first-order valence-corrected chi connectivity index (χ1v) is 7.26. The molecule has 0 aromatic carbocycles. The van der Waals surface area contributed by atoms with Gasteiger partial charge in [0.05, 0.1) is 6.61 Å². The molecule has 0 radical (unpaired) electrons. The molecule has 0 amide bonds. The van der Waals surface area contributed by atoms with Gasteiger partial charge in [0.25, 0.3) is 0 Å². The van der Waals surface area contributed by atoms with E-state index in [9.17, 15) is 4.21 Å². The molecule has 1 rings (SSSR count). The third-order valence-electron chi connectivity index (χ3n) is 3.06. The summed E-state index contributed by atoms with van der Waals surface area (Å²) < 4.78 is 16.9. The second-order valence-electron chi connectivity index (χ2n) is 4.36. The Labute approximate surface area is 95.4 Å². The van der Waals surface area contributed by atoms with Crippen molar-refractivity contribution >= 4 is 10.8 Å². The van der Waals surface area contributed by atoms with Crippen LogP contribution >= 0.6 is 0 Å². The summed E-state index contributed by atoms with van der Waals surface area (Å²) in [4.78, 5) is 0. The topological polar surface area (TPSA) is 38.3 Å². The fourth-order valence-corrected chi connectivity index (χ4v) is 3.86. The van der Waals surface area contributed by atoms with Crippen molar-refractivity contribution in [1.29, 1.82) is 0 Å². The van der Waals surface area contributed by atoms with Gasteiger partial charge in [-0.05, 0) is 25.8 Å². The molecule has 1 aliphatic carbocycles. The molecule has 0 bridgehead atoms. The van der Waals surface area contributed by atoms with Gasteiger partial charge in [-0.1, -0.05) is 12.8 Å². The summed E-state index contributed by atoms with van der Waals surface area (Å²) in [5, 5.41) is 3.14. The molecular weight excluding hydrogens is 210 g/mol. The van der Waals surface area contributed by atoms with Crippen LogP contribution in [0, 0.1) is 5.92 Å². The maximum atomic E-state index is 11.9. The van der Waals surface area contributed by atoms with Crippen LogP contribution in [0.15, 0.2) is 0 Å². The zero-order chi connectivity index (χ0) is 11.1. The lowest BCUT2D eigenvalue weighted by molar-refractivity contribution is 0.176. The molecule has 1 saturated carbocycles. The van der Waals surface area contributed by atoms with Crippen LogP contribution < -0.4 is 5.32 Å². The summed E-state index contributed by atoms with van der Waals surface area (Å²) in [6, 6.07) is 0.234. The minimum absolute atomic E-state index is 0.234. The lowest BCUT2D eigenvalue weighted by Gasteiger charge is -2.16. The summed E-state index contributed by atoms with van der Waals surface area (Å²) in [7, 11) is 2.90. The van der Waals surface area contributed by atoms with E-state index >= 15 is 0 Å². The second-order valence-corrected chi connectivity index (χ2v) is 5.91.